The van der Waals surface area contributed by atoms with Gasteiger partial charge in [-0.05, 0) is 29.2 Å². The molecule has 4 rings (SSSR count). The number of nitrogen functional groups attached to an aromatic ring is 1. The number of hydrogen-bond acceptors (Lipinski definition) is 4. The summed E-state index contributed by atoms with van der Waals surface area (Å²) < 4.78 is 1.78. The van der Waals surface area contributed by atoms with Gasteiger partial charge in [0.2, 0.25) is 5.65 Å². The molecule has 0 fully saturated rings. The Morgan fingerprint density at radius 1 is 1.00 bits per heavy atom. The first-order valence-corrected chi connectivity index (χ1v) is 8.27. The van der Waals surface area contributed by atoms with E-state index in [-0.39, 0.29) is 5.92 Å². The van der Waals surface area contributed by atoms with Crippen molar-refractivity contribution in [3.8, 4) is 0 Å². The van der Waals surface area contributed by atoms with Crippen LogP contribution < -0.4 is 5.73 Å². The van der Waals surface area contributed by atoms with Crippen LogP contribution in [0.5, 0.6) is 0 Å². The Bertz CT molecular complexity index is 993. The summed E-state index contributed by atoms with van der Waals surface area (Å²) in [5, 5.41) is 8.27. The number of rotatable bonds is 4. The van der Waals surface area contributed by atoms with Crippen LogP contribution in [0.1, 0.15) is 22.6 Å². The van der Waals surface area contributed by atoms with Crippen molar-refractivity contribution in [2.45, 2.75) is 12.3 Å². The van der Waals surface area contributed by atoms with Gasteiger partial charge in [-0.25, -0.2) is 9.67 Å². The van der Waals surface area contributed by atoms with Crippen LogP contribution in [0.25, 0.3) is 11.2 Å². The molecule has 0 saturated carbocycles. The van der Waals surface area contributed by atoms with Crippen LogP contribution in [0.4, 0.5) is 5.82 Å². The van der Waals surface area contributed by atoms with Gasteiger partial charge < -0.3 is 5.73 Å². The van der Waals surface area contributed by atoms with E-state index >= 15 is 0 Å². The number of nitrogens with zero attached hydrogens (tertiary/aromatic N) is 4. The van der Waals surface area contributed by atoms with Crippen LogP contribution in [-0.2, 0) is 13.5 Å². The van der Waals surface area contributed by atoms with Gasteiger partial charge in [-0.15, -0.1) is 5.10 Å². The molecule has 124 valence electrons. The van der Waals surface area contributed by atoms with Crippen molar-refractivity contribution in [2.75, 3.05) is 5.73 Å². The molecule has 0 spiro atoms. The Labute approximate surface area is 146 Å². The number of fused-ring (bicyclic) bond motifs is 1. The van der Waals surface area contributed by atoms with Crippen LogP contribution in [0.3, 0.4) is 0 Å². The Balaban J connectivity index is 1.91. The van der Waals surface area contributed by atoms with E-state index in [1.54, 1.807) is 4.68 Å². The molecule has 0 amide bonds. The van der Waals surface area contributed by atoms with Crippen LogP contribution in [-0.4, -0.2) is 20.0 Å². The van der Waals surface area contributed by atoms with Crippen LogP contribution >= 0.6 is 0 Å². The molecule has 0 bridgehead atoms. The minimum absolute atomic E-state index is 0.147. The van der Waals surface area contributed by atoms with E-state index in [0.717, 1.165) is 17.5 Å². The van der Waals surface area contributed by atoms with Crippen molar-refractivity contribution in [3.63, 3.8) is 0 Å². The van der Waals surface area contributed by atoms with E-state index < -0.39 is 0 Å². The first-order valence-electron chi connectivity index (χ1n) is 8.27. The molecule has 2 aromatic carbocycles. The summed E-state index contributed by atoms with van der Waals surface area (Å²) in [6.07, 6.45) is 0.870. The lowest BCUT2D eigenvalue weighted by molar-refractivity contribution is 0.725. The average Bonchev–Trinajstić information content (AvgIpc) is 3.01. The van der Waals surface area contributed by atoms with Crippen LogP contribution in [0.15, 0.2) is 66.7 Å². The summed E-state index contributed by atoms with van der Waals surface area (Å²) in [7, 11) is 1.89. The first-order chi connectivity index (χ1) is 12.2. The molecule has 4 aromatic rings. The summed E-state index contributed by atoms with van der Waals surface area (Å²) in [6, 6.07) is 22.9. The van der Waals surface area contributed by atoms with Gasteiger partial charge >= 0.3 is 0 Å². The molecule has 2 heterocycles. The Kier molecular flexibility index (Phi) is 3.90. The van der Waals surface area contributed by atoms with E-state index in [9.17, 15) is 0 Å². The van der Waals surface area contributed by atoms with Gasteiger partial charge in [-0.1, -0.05) is 65.9 Å². The predicted octanol–water partition coefficient (Wildman–Crippen LogP) is 3.32. The van der Waals surface area contributed by atoms with E-state index in [4.69, 9.17) is 5.73 Å². The van der Waals surface area contributed by atoms with Gasteiger partial charge in [-0.3, -0.25) is 0 Å². The molecule has 0 aliphatic carbocycles. The maximum absolute atomic E-state index is 6.06. The molecular weight excluding hydrogens is 310 g/mol. The smallest absolute Gasteiger partial charge is 0.204 e. The highest BCUT2D eigenvalue weighted by Crippen LogP contribution is 2.33. The number of aromatic nitrogens is 4. The van der Waals surface area contributed by atoms with Gasteiger partial charge in [-0.2, -0.15) is 0 Å². The molecule has 0 saturated heterocycles. The summed E-state index contributed by atoms with van der Waals surface area (Å²) in [5.74, 6) is 0.616. The zero-order chi connectivity index (χ0) is 17.2. The fourth-order valence-corrected chi connectivity index (χ4v) is 3.33. The van der Waals surface area contributed by atoms with Gasteiger partial charge in [0.25, 0.3) is 0 Å². The van der Waals surface area contributed by atoms with Crippen molar-refractivity contribution < 1.29 is 0 Å². The molecular formula is C20H19N5. The lowest BCUT2D eigenvalue weighted by Crippen LogP contribution is -2.09. The molecule has 25 heavy (non-hydrogen) atoms. The summed E-state index contributed by atoms with van der Waals surface area (Å²) in [4.78, 5) is 4.32. The number of pyridine rings is 1. The van der Waals surface area contributed by atoms with Crippen molar-refractivity contribution in [3.05, 3.63) is 83.4 Å². The standard InChI is InChI=1S/C20H19N5/c1-25-19-17(13-18(21)22-20(19)23-24-25)16(15-10-6-3-7-11-15)12-14-8-4-2-5-9-14/h2-11,13,16H,12H2,1H3,(H2,21,22)/t16-/m1/s1. The monoisotopic (exact) mass is 329 g/mol. The summed E-state index contributed by atoms with van der Waals surface area (Å²) in [6.45, 7) is 0. The third kappa shape index (κ3) is 2.96. The van der Waals surface area contributed by atoms with Crippen molar-refractivity contribution in [1.82, 2.24) is 20.0 Å². The summed E-state index contributed by atoms with van der Waals surface area (Å²) in [5.41, 5.74) is 11.2. The maximum Gasteiger partial charge on any atom is 0.204 e. The molecule has 1 atom stereocenters. The SMILES string of the molecule is Cn1nnc2nc(N)cc([C@H](Cc3ccccc3)c3ccccc3)c21. The summed E-state index contributed by atoms with van der Waals surface area (Å²) >= 11 is 0. The van der Waals surface area contributed by atoms with Crippen molar-refractivity contribution >= 4 is 17.0 Å². The van der Waals surface area contributed by atoms with Crippen LogP contribution in [0.2, 0.25) is 0 Å². The minimum atomic E-state index is 0.147. The highest BCUT2D eigenvalue weighted by Gasteiger charge is 2.21. The highest BCUT2D eigenvalue weighted by atomic mass is 15.4. The molecule has 5 nitrogen and oxygen atoms in total. The Hall–Kier alpha value is -3.21. The fourth-order valence-electron chi connectivity index (χ4n) is 3.33. The molecule has 0 unspecified atom stereocenters. The molecule has 0 aliphatic rings. The van der Waals surface area contributed by atoms with E-state index in [1.807, 2.05) is 25.2 Å². The minimum Gasteiger partial charge on any atom is -0.384 e. The van der Waals surface area contributed by atoms with Crippen molar-refractivity contribution in [1.29, 1.82) is 0 Å². The second-order valence-corrected chi connectivity index (χ2v) is 6.17. The lowest BCUT2D eigenvalue weighted by Gasteiger charge is -2.19. The lowest BCUT2D eigenvalue weighted by atomic mass is 9.85. The molecule has 0 radical (unpaired) electrons. The zero-order valence-corrected chi connectivity index (χ0v) is 14.0. The average molecular weight is 329 g/mol. The fraction of sp³-hybridized carbons (Fsp3) is 0.150. The number of anilines is 1. The highest BCUT2D eigenvalue weighted by molar-refractivity contribution is 5.78. The first kappa shape index (κ1) is 15.3. The number of benzene rings is 2. The zero-order valence-electron chi connectivity index (χ0n) is 14.0. The number of hydrogen-bond donors (Lipinski definition) is 1. The second-order valence-electron chi connectivity index (χ2n) is 6.17. The van der Waals surface area contributed by atoms with E-state index in [1.165, 1.54) is 11.1 Å². The number of nitrogens with two attached hydrogens (primary N) is 1. The largest absolute Gasteiger partial charge is 0.384 e. The van der Waals surface area contributed by atoms with Crippen molar-refractivity contribution in [2.24, 2.45) is 7.05 Å². The normalized spacial score (nSPS) is 12.4. The van der Waals surface area contributed by atoms with E-state index in [0.29, 0.717) is 11.5 Å². The van der Waals surface area contributed by atoms with Crippen LogP contribution in [0, 0.1) is 0 Å². The Morgan fingerprint density at radius 3 is 2.40 bits per heavy atom. The van der Waals surface area contributed by atoms with Gasteiger partial charge in [0.1, 0.15) is 11.3 Å². The quantitative estimate of drug-likeness (QED) is 0.623. The second kappa shape index (κ2) is 6.36. The van der Waals surface area contributed by atoms with Gasteiger partial charge in [0.15, 0.2) is 0 Å². The third-order valence-electron chi connectivity index (χ3n) is 4.48. The molecule has 5 heteroatoms. The Morgan fingerprint density at radius 2 is 1.68 bits per heavy atom. The predicted molar refractivity (Wildman–Crippen MR) is 99.1 cm³/mol. The third-order valence-corrected chi connectivity index (χ3v) is 4.48. The van der Waals surface area contributed by atoms with E-state index in [2.05, 4.69) is 63.8 Å². The van der Waals surface area contributed by atoms with Gasteiger partial charge in [0, 0.05) is 13.0 Å². The molecule has 0 aliphatic heterocycles. The molecule has 2 N–H and O–H groups in total. The van der Waals surface area contributed by atoms with Gasteiger partial charge in [0.05, 0.1) is 0 Å². The molecule has 2 aromatic heterocycles. The number of aryl methyl sites for hydroxylation is 1. The topological polar surface area (TPSA) is 69.6 Å². The maximum atomic E-state index is 6.06.